The zero-order valence-electron chi connectivity index (χ0n) is 52.6. The molecule has 8 nitrogen and oxygen atoms in total. The van der Waals surface area contributed by atoms with Crippen LogP contribution in [0.15, 0.2) is 85.1 Å². The lowest BCUT2D eigenvalue weighted by molar-refractivity contribution is -0.870. The molecule has 3 atom stereocenters. The molecule has 79 heavy (non-hydrogen) atoms. The van der Waals surface area contributed by atoms with Gasteiger partial charge in [0.05, 0.1) is 39.9 Å². The predicted octanol–water partition coefficient (Wildman–Crippen LogP) is 20.5. The highest BCUT2D eigenvalue weighted by atomic mass is 31.2. The zero-order chi connectivity index (χ0) is 57.7. The molecule has 2 N–H and O–H groups in total. The maximum atomic E-state index is 13.0. The van der Waals surface area contributed by atoms with Crippen molar-refractivity contribution < 1.29 is 32.9 Å². The Labute approximate surface area is 490 Å². The molecule has 0 radical (unpaired) electrons. The van der Waals surface area contributed by atoms with E-state index in [1.165, 1.54) is 205 Å². The van der Waals surface area contributed by atoms with Crippen molar-refractivity contribution in [1.82, 2.24) is 5.32 Å². The topological polar surface area (TPSA) is 108 Å². The minimum Gasteiger partial charge on any atom is -0.756 e. The number of likely N-dealkylation sites (N-methyl/N-ethyl adjacent to an activating group) is 1. The molecule has 0 aliphatic rings. The Morgan fingerprint density at radius 1 is 0.456 bits per heavy atom. The molecule has 0 fully saturated rings. The largest absolute Gasteiger partial charge is 0.756 e. The van der Waals surface area contributed by atoms with Crippen LogP contribution < -0.4 is 10.2 Å². The Kier molecular flexibility index (Phi) is 58.5. The molecule has 1 amide bonds. The third kappa shape index (κ3) is 63.1. The molecular weight excluding hydrogens is 996 g/mol. The summed E-state index contributed by atoms with van der Waals surface area (Å²) in [6, 6.07) is -0.887. The van der Waals surface area contributed by atoms with Gasteiger partial charge in [0.2, 0.25) is 5.91 Å². The number of nitrogens with one attached hydrogen (secondary N) is 1. The fourth-order valence-electron chi connectivity index (χ4n) is 9.69. The quantitative estimate of drug-likeness (QED) is 0.0272. The van der Waals surface area contributed by atoms with Crippen LogP contribution in [0.25, 0.3) is 0 Å². The molecule has 0 aliphatic carbocycles. The van der Waals surface area contributed by atoms with Crippen LogP contribution in [0, 0.1) is 0 Å². The van der Waals surface area contributed by atoms with Gasteiger partial charge < -0.3 is 28.8 Å². The van der Waals surface area contributed by atoms with Crippen molar-refractivity contribution >= 4 is 13.7 Å². The monoisotopic (exact) mass is 1120 g/mol. The van der Waals surface area contributed by atoms with E-state index in [0.29, 0.717) is 17.4 Å². The maximum Gasteiger partial charge on any atom is 0.268 e. The number of hydrogen-bond donors (Lipinski definition) is 2. The van der Waals surface area contributed by atoms with Crippen LogP contribution in [0.4, 0.5) is 0 Å². The number of carbonyl (C=O) groups excluding carboxylic acids is 1. The van der Waals surface area contributed by atoms with E-state index >= 15 is 0 Å². The lowest BCUT2D eigenvalue weighted by Gasteiger charge is -2.29. The number of phosphoric ester groups is 1. The summed E-state index contributed by atoms with van der Waals surface area (Å²) in [7, 11) is 1.27. The van der Waals surface area contributed by atoms with Gasteiger partial charge in [-0.05, 0) is 70.6 Å². The third-order valence-corrected chi connectivity index (χ3v) is 15.8. The van der Waals surface area contributed by atoms with Gasteiger partial charge in [-0.15, -0.1) is 0 Å². The standard InChI is InChI=1S/C70H129N2O6P/c1-6-8-10-12-14-16-18-20-22-24-25-26-27-28-29-30-31-32-33-34-35-36-37-38-39-40-41-42-43-44-45-46-47-48-50-52-54-56-58-60-62-64-70(74)71-68(67-78-79(75,76)77-66-65-72(3,4)5)69(73)63-61-59-57-55-53-51-49-23-21-19-17-15-13-11-9-7-2/h8,10,14,16,20,22,25-26,28-29,31-32,61,63,68-69,73H,6-7,9,11-13,15,17-19,21,23-24,27,30,33-60,62,64-67H2,1-5H3,(H-,71,74,75,76)/b10-8-,16-14-,22-20-,26-25-,29-28-,32-31-,63-61+. The first-order valence-corrected chi connectivity index (χ1v) is 34.9. The van der Waals surface area contributed by atoms with Gasteiger partial charge in [0, 0.05) is 6.42 Å². The fourth-order valence-corrected chi connectivity index (χ4v) is 10.4. The van der Waals surface area contributed by atoms with E-state index in [1.807, 2.05) is 27.2 Å². The minimum absolute atomic E-state index is 0.00101. The first-order chi connectivity index (χ1) is 38.5. The lowest BCUT2D eigenvalue weighted by Crippen LogP contribution is -2.45. The van der Waals surface area contributed by atoms with Gasteiger partial charge in [0.15, 0.2) is 0 Å². The normalized spacial score (nSPS) is 14.3. The molecule has 0 aliphatic heterocycles. The van der Waals surface area contributed by atoms with Gasteiger partial charge in [0.1, 0.15) is 13.2 Å². The van der Waals surface area contributed by atoms with E-state index < -0.39 is 20.0 Å². The summed E-state index contributed by atoms with van der Waals surface area (Å²) in [5, 5.41) is 13.9. The van der Waals surface area contributed by atoms with Crippen molar-refractivity contribution in [2.45, 2.75) is 315 Å². The second kappa shape index (κ2) is 60.3. The number of amides is 1. The number of carbonyl (C=O) groups is 1. The molecule has 0 aromatic rings. The number of rotatable bonds is 61. The van der Waals surface area contributed by atoms with Crippen LogP contribution in [0.1, 0.15) is 303 Å². The molecule has 9 heteroatoms. The lowest BCUT2D eigenvalue weighted by atomic mass is 10.0. The van der Waals surface area contributed by atoms with Crippen LogP contribution >= 0.6 is 7.82 Å². The number of aliphatic hydroxyl groups is 1. The second-order valence-corrected chi connectivity index (χ2v) is 25.2. The number of nitrogens with zero attached hydrogens (tertiary/aromatic N) is 1. The summed E-state index contributed by atoms with van der Waals surface area (Å²) in [6.45, 7) is 4.56. The third-order valence-electron chi connectivity index (χ3n) is 14.9. The Morgan fingerprint density at radius 3 is 1.13 bits per heavy atom. The highest BCUT2D eigenvalue weighted by Gasteiger charge is 2.23. The van der Waals surface area contributed by atoms with Gasteiger partial charge in [-0.2, -0.15) is 0 Å². The summed E-state index contributed by atoms with van der Waals surface area (Å²) in [5.74, 6) is -0.194. The van der Waals surface area contributed by atoms with Crippen molar-refractivity contribution in [3.63, 3.8) is 0 Å². The number of allylic oxidation sites excluding steroid dienone is 13. The van der Waals surface area contributed by atoms with Crippen molar-refractivity contribution in [3.05, 3.63) is 85.1 Å². The Hall–Kier alpha value is -2.32. The molecule has 0 rings (SSSR count). The van der Waals surface area contributed by atoms with E-state index in [4.69, 9.17) is 9.05 Å². The Balaban J connectivity index is 3.93. The van der Waals surface area contributed by atoms with Crippen LogP contribution in [-0.2, 0) is 18.4 Å². The van der Waals surface area contributed by atoms with E-state index in [9.17, 15) is 19.4 Å². The van der Waals surface area contributed by atoms with Crippen molar-refractivity contribution in [1.29, 1.82) is 0 Å². The van der Waals surface area contributed by atoms with Gasteiger partial charge in [-0.25, -0.2) is 0 Å². The van der Waals surface area contributed by atoms with Crippen LogP contribution in [0.2, 0.25) is 0 Å². The van der Waals surface area contributed by atoms with E-state index in [2.05, 4.69) is 92.1 Å². The van der Waals surface area contributed by atoms with Gasteiger partial charge in [-0.1, -0.05) is 311 Å². The van der Waals surface area contributed by atoms with E-state index in [0.717, 1.165) is 77.0 Å². The Morgan fingerprint density at radius 2 is 0.772 bits per heavy atom. The van der Waals surface area contributed by atoms with Crippen LogP contribution in [0.3, 0.4) is 0 Å². The molecular formula is C70H129N2O6P. The maximum absolute atomic E-state index is 13.0. The average molecular weight is 1130 g/mol. The first-order valence-electron chi connectivity index (χ1n) is 33.4. The van der Waals surface area contributed by atoms with Crippen molar-refractivity contribution in [2.24, 2.45) is 0 Å². The molecule has 460 valence electrons. The number of quaternary nitrogens is 1. The van der Waals surface area contributed by atoms with Gasteiger partial charge in [-0.3, -0.25) is 9.36 Å². The molecule has 0 saturated heterocycles. The van der Waals surface area contributed by atoms with Crippen molar-refractivity contribution in [3.8, 4) is 0 Å². The molecule has 0 aromatic carbocycles. The first kappa shape index (κ1) is 76.7. The molecule has 3 unspecified atom stereocenters. The van der Waals surface area contributed by atoms with Crippen molar-refractivity contribution in [2.75, 3.05) is 40.9 Å². The molecule has 0 bridgehead atoms. The minimum atomic E-state index is -4.60. The summed E-state index contributed by atoms with van der Waals surface area (Å²) < 4.78 is 23.4. The molecule has 0 heterocycles. The second-order valence-electron chi connectivity index (χ2n) is 23.8. The number of hydrogen-bond acceptors (Lipinski definition) is 6. The highest BCUT2D eigenvalue weighted by molar-refractivity contribution is 7.45. The summed E-state index contributed by atoms with van der Waals surface area (Å²) in [6.07, 6.45) is 85.6. The Bertz CT molecular complexity index is 1560. The predicted molar refractivity (Wildman–Crippen MR) is 343 cm³/mol. The van der Waals surface area contributed by atoms with E-state index in [-0.39, 0.29) is 19.1 Å². The molecule has 0 saturated carbocycles. The van der Waals surface area contributed by atoms with Crippen LogP contribution in [-0.4, -0.2) is 68.5 Å². The summed E-state index contributed by atoms with van der Waals surface area (Å²) in [4.78, 5) is 25.5. The number of phosphoric acid groups is 1. The highest BCUT2D eigenvalue weighted by Crippen LogP contribution is 2.38. The molecule has 0 aromatic heterocycles. The van der Waals surface area contributed by atoms with Gasteiger partial charge in [0.25, 0.3) is 7.82 Å². The molecule has 0 spiro atoms. The fraction of sp³-hybridized carbons (Fsp3) is 0.786. The summed E-state index contributed by atoms with van der Waals surface area (Å²) >= 11 is 0. The van der Waals surface area contributed by atoms with E-state index in [1.54, 1.807) is 6.08 Å². The SMILES string of the molecule is CC/C=C\C/C=C\C/C=C\C/C=C\C/C=C\C/C=C\CCCCCCCCCCCCCCCCCCCCCCCCC(=O)NC(COP(=O)([O-])OCC[N+](C)(C)C)C(O)/C=C/CCCCCCCCCCCCCCCC. The average Bonchev–Trinajstić information content (AvgIpc) is 3.42. The van der Waals surface area contributed by atoms with Crippen LogP contribution in [0.5, 0.6) is 0 Å². The number of unbranched alkanes of at least 4 members (excludes halogenated alkanes) is 36. The number of aliphatic hydroxyl groups excluding tert-OH is 1. The zero-order valence-corrected chi connectivity index (χ0v) is 53.5. The van der Waals surface area contributed by atoms with Gasteiger partial charge >= 0.3 is 0 Å². The summed E-state index contributed by atoms with van der Waals surface area (Å²) in [5.41, 5.74) is 0. The smallest absolute Gasteiger partial charge is 0.268 e.